The third kappa shape index (κ3) is 3.28. The van der Waals surface area contributed by atoms with Crippen LogP contribution in [0.4, 0.5) is 13.2 Å². The Kier molecular flexibility index (Phi) is 4.70. The lowest BCUT2D eigenvalue weighted by atomic mass is 9.92. The van der Waals surface area contributed by atoms with Crippen molar-refractivity contribution in [3.63, 3.8) is 0 Å². The molecule has 0 radical (unpaired) electrons. The van der Waals surface area contributed by atoms with Gasteiger partial charge in [0, 0.05) is 37.1 Å². The summed E-state index contributed by atoms with van der Waals surface area (Å²) in [6.45, 7) is 0.743. The molecule has 0 bridgehead atoms. The number of hydrogen-bond acceptors (Lipinski definition) is 5. The van der Waals surface area contributed by atoms with E-state index in [1.807, 2.05) is 6.07 Å². The predicted molar refractivity (Wildman–Crippen MR) is 84.4 cm³/mol. The van der Waals surface area contributed by atoms with Gasteiger partial charge in [0.2, 0.25) is 5.60 Å². The molecule has 3 heterocycles. The fourth-order valence-electron chi connectivity index (χ4n) is 3.03. The molecule has 26 heavy (non-hydrogen) atoms. The lowest BCUT2D eigenvalue weighted by Gasteiger charge is -2.36. The van der Waals surface area contributed by atoms with Gasteiger partial charge in [-0.1, -0.05) is 0 Å². The summed E-state index contributed by atoms with van der Waals surface area (Å²) >= 11 is 0. The molecule has 3 rings (SSSR count). The molecule has 1 amide bonds. The molecule has 1 aliphatic heterocycles. The summed E-state index contributed by atoms with van der Waals surface area (Å²) in [7, 11) is 0. The number of alkyl halides is 3. The predicted octanol–water partition coefficient (Wildman–Crippen LogP) is 1.68. The van der Waals surface area contributed by atoms with Gasteiger partial charge in [0.15, 0.2) is 5.82 Å². The Morgan fingerprint density at radius 3 is 2.50 bits per heavy atom. The number of aromatic nitrogens is 4. The van der Waals surface area contributed by atoms with Gasteiger partial charge in [-0.3, -0.25) is 4.79 Å². The van der Waals surface area contributed by atoms with Crippen LogP contribution < -0.4 is 0 Å². The van der Waals surface area contributed by atoms with Gasteiger partial charge in [0.05, 0.1) is 0 Å². The highest BCUT2D eigenvalue weighted by Crippen LogP contribution is 2.34. The lowest BCUT2D eigenvalue weighted by molar-refractivity contribution is -0.250. The minimum absolute atomic E-state index is 0.0133. The van der Waals surface area contributed by atoms with E-state index >= 15 is 0 Å². The minimum atomic E-state index is -5.01. The second-order valence-electron chi connectivity index (χ2n) is 6.39. The zero-order chi connectivity index (χ0) is 18.9. The van der Waals surface area contributed by atoms with Crippen LogP contribution in [0, 0.1) is 0 Å². The normalized spacial score (nSPS) is 18.6. The molecule has 0 aromatic carbocycles. The smallest absolute Gasteiger partial charge is 0.373 e. The number of carbonyl (C=O) groups is 1. The largest absolute Gasteiger partial charge is 0.426 e. The van der Waals surface area contributed by atoms with Crippen molar-refractivity contribution in [2.45, 2.75) is 37.5 Å². The molecular formula is C16H18F3N5O2. The van der Waals surface area contributed by atoms with Crippen LogP contribution in [0.5, 0.6) is 0 Å². The first kappa shape index (κ1) is 18.3. The van der Waals surface area contributed by atoms with Gasteiger partial charge < -0.3 is 10.0 Å². The quantitative estimate of drug-likeness (QED) is 0.890. The zero-order valence-corrected chi connectivity index (χ0v) is 14.0. The molecule has 1 aliphatic rings. The minimum Gasteiger partial charge on any atom is -0.373 e. The topological polar surface area (TPSA) is 84.1 Å². The van der Waals surface area contributed by atoms with Crippen molar-refractivity contribution >= 4 is 5.91 Å². The molecule has 1 N–H and O–H groups in total. The van der Waals surface area contributed by atoms with Gasteiger partial charge in [-0.05, 0) is 38.0 Å². The number of piperidine rings is 1. The van der Waals surface area contributed by atoms with Crippen LogP contribution in [0.3, 0.4) is 0 Å². The van der Waals surface area contributed by atoms with Crippen molar-refractivity contribution < 1.29 is 23.1 Å². The second kappa shape index (κ2) is 6.67. The van der Waals surface area contributed by atoms with Crippen LogP contribution in [0.15, 0.2) is 30.6 Å². The van der Waals surface area contributed by atoms with Crippen molar-refractivity contribution in [1.82, 2.24) is 24.9 Å². The molecule has 1 saturated heterocycles. The highest BCUT2D eigenvalue weighted by Gasteiger charge is 2.57. The van der Waals surface area contributed by atoms with E-state index in [0.717, 1.165) is 10.6 Å². The van der Waals surface area contributed by atoms with Gasteiger partial charge in [-0.25, -0.2) is 4.68 Å². The number of rotatable bonds is 3. The fraction of sp³-hybridized carbons (Fsp3) is 0.500. The molecule has 2 aromatic rings. The summed E-state index contributed by atoms with van der Waals surface area (Å²) in [4.78, 5) is 13.1. The lowest BCUT2D eigenvalue weighted by Crippen LogP contribution is -2.57. The first-order valence-electron chi connectivity index (χ1n) is 8.12. The Labute approximate surface area is 147 Å². The number of carbonyl (C=O) groups excluding carboxylic acids is 1. The van der Waals surface area contributed by atoms with E-state index in [4.69, 9.17) is 0 Å². The Bertz CT molecular complexity index is 768. The number of nitrogens with zero attached hydrogens (tertiary/aromatic N) is 5. The number of likely N-dealkylation sites (tertiary alicyclic amines) is 1. The first-order valence-corrected chi connectivity index (χ1v) is 8.12. The zero-order valence-electron chi connectivity index (χ0n) is 14.0. The van der Waals surface area contributed by atoms with E-state index in [2.05, 4.69) is 15.3 Å². The molecule has 1 fully saturated rings. The number of hydrogen-bond donors (Lipinski definition) is 1. The molecule has 0 unspecified atom stereocenters. The summed E-state index contributed by atoms with van der Waals surface area (Å²) < 4.78 is 40.2. The van der Waals surface area contributed by atoms with E-state index < -0.39 is 17.7 Å². The third-order valence-corrected chi connectivity index (χ3v) is 4.62. The van der Waals surface area contributed by atoms with Crippen LogP contribution in [-0.2, 0) is 4.79 Å². The molecule has 10 heteroatoms. The van der Waals surface area contributed by atoms with Crippen LogP contribution >= 0.6 is 0 Å². The molecule has 1 atom stereocenters. The number of amides is 1. The SMILES string of the molecule is C[C@@](O)(C(=O)N1CCC(c2ccnn2-c2cccnn2)CC1)C(F)(F)F. The van der Waals surface area contributed by atoms with Crippen molar-refractivity contribution in [1.29, 1.82) is 0 Å². The molecule has 7 nitrogen and oxygen atoms in total. The number of halogens is 3. The molecule has 0 spiro atoms. The van der Waals surface area contributed by atoms with Crippen molar-refractivity contribution in [3.05, 3.63) is 36.3 Å². The Morgan fingerprint density at radius 2 is 1.92 bits per heavy atom. The highest BCUT2D eigenvalue weighted by molar-refractivity contribution is 5.85. The summed E-state index contributed by atoms with van der Waals surface area (Å²) in [5.74, 6) is -0.753. The molecule has 140 valence electrons. The maximum absolute atomic E-state index is 12.9. The molecule has 2 aromatic heterocycles. The van der Waals surface area contributed by atoms with Gasteiger partial charge in [0.25, 0.3) is 5.91 Å². The van der Waals surface area contributed by atoms with E-state index in [1.54, 1.807) is 29.2 Å². The van der Waals surface area contributed by atoms with Gasteiger partial charge in [0.1, 0.15) is 0 Å². The fourth-order valence-corrected chi connectivity index (χ4v) is 3.03. The monoisotopic (exact) mass is 369 g/mol. The van der Waals surface area contributed by atoms with Gasteiger partial charge in [-0.15, -0.1) is 5.10 Å². The average molecular weight is 369 g/mol. The standard InChI is InChI=1S/C16H18F3N5O2/c1-15(26,16(17,18)19)14(25)23-9-5-11(6-10-23)12-4-8-21-24(12)13-3-2-7-20-22-13/h2-4,7-8,11,26H,5-6,9-10H2,1H3/t15-/m1/s1. The molecular weight excluding hydrogens is 351 g/mol. The highest BCUT2D eigenvalue weighted by atomic mass is 19.4. The summed E-state index contributed by atoms with van der Waals surface area (Å²) in [5.41, 5.74) is -2.51. The number of aliphatic hydroxyl groups is 1. The third-order valence-electron chi connectivity index (χ3n) is 4.62. The van der Waals surface area contributed by atoms with E-state index in [-0.39, 0.29) is 19.0 Å². The maximum atomic E-state index is 12.9. The summed E-state index contributed by atoms with van der Waals surface area (Å²) in [6.07, 6.45) is -0.915. The van der Waals surface area contributed by atoms with Crippen LogP contribution in [0.1, 0.15) is 31.4 Å². The molecule has 0 saturated carbocycles. The second-order valence-corrected chi connectivity index (χ2v) is 6.39. The van der Waals surface area contributed by atoms with Crippen molar-refractivity contribution in [2.75, 3.05) is 13.1 Å². The average Bonchev–Trinajstić information content (AvgIpc) is 3.10. The summed E-state index contributed by atoms with van der Waals surface area (Å²) in [5, 5.41) is 21.6. The Morgan fingerprint density at radius 1 is 1.23 bits per heavy atom. The Balaban J connectivity index is 1.71. The maximum Gasteiger partial charge on any atom is 0.426 e. The van der Waals surface area contributed by atoms with E-state index in [9.17, 15) is 23.1 Å². The van der Waals surface area contributed by atoms with Crippen LogP contribution in [0.25, 0.3) is 5.82 Å². The van der Waals surface area contributed by atoms with Gasteiger partial charge >= 0.3 is 6.18 Å². The van der Waals surface area contributed by atoms with Crippen LogP contribution in [0.2, 0.25) is 0 Å². The van der Waals surface area contributed by atoms with Gasteiger partial charge in [-0.2, -0.15) is 23.4 Å². The molecule has 0 aliphatic carbocycles. The van der Waals surface area contributed by atoms with E-state index in [0.29, 0.717) is 25.6 Å². The Hall–Kier alpha value is -2.49. The van der Waals surface area contributed by atoms with Crippen molar-refractivity contribution in [2.24, 2.45) is 0 Å². The van der Waals surface area contributed by atoms with E-state index in [1.165, 1.54) is 0 Å². The van der Waals surface area contributed by atoms with Crippen LogP contribution in [-0.4, -0.2) is 60.8 Å². The first-order chi connectivity index (χ1) is 12.2. The van der Waals surface area contributed by atoms with Crippen molar-refractivity contribution in [3.8, 4) is 5.82 Å². The summed E-state index contributed by atoms with van der Waals surface area (Å²) in [6, 6.07) is 5.31.